The topological polar surface area (TPSA) is 88.9 Å². The predicted octanol–water partition coefficient (Wildman–Crippen LogP) is 4.51. The molecule has 8 nitrogen and oxygen atoms in total. The minimum Gasteiger partial charge on any atom is -0.377 e. The molecule has 2 aromatic heterocycles. The summed E-state index contributed by atoms with van der Waals surface area (Å²) in [5.74, 6) is 0.834. The van der Waals surface area contributed by atoms with Crippen LogP contribution in [0.1, 0.15) is 60.3 Å². The van der Waals surface area contributed by atoms with E-state index < -0.39 is 0 Å². The lowest BCUT2D eigenvalue weighted by molar-refractivity contribution is 0.0488. The van der Waals surface area contributed by atoms with Crippen molar-refractivity contribution in [3.63, 3.8) is 0 Å². The zero-order chi connectivity index (χ0) is 25.8. The van der Waals surface area contributed by atoms with E-state index in [9.17, 15) is 4.79 Å². The van der Waals surface area contributed by atoms with Gasteiger partial charge < -0.3 is 9.72 Å². The number of fused-ring (bicyclic) bond motifs is 1. The maximum Gasteiger partial charge on any atom is 0.252 e. The molecule has 3 heterocycles. The molecule has 0 radical (unpaired) electrons. The quantitative estimate of drug-likeness (QED) is 0.345. The van der Waals surface area contributed by atoms with Gasteiger partial charge in [0.2, 0.25) is 0 Å². The van der Waals surface area contributed by atoms with Crippen LogP contribution in [0.3, 0.4) is 0 Å². The second kappa shape index (κ2) is 11.4. The van der Waals surface area contributed by atoms with Gasteiger partial charge in [-0.25, -0.2) is 4.68 Å². The first kappa shape index (κ1) is 25.3. The second-order valence-electron chi connectivity index (χ2n) is 10.2. The van der Waals surface area contributed by atoms with Crippen molar-refractivity contribution in [3.8, 4) is 0 Å². The van der Waals surface area contributed by atoms with Crippen LogP contribution in [-0.4, -0.2) is 49.3 Å². The standard InChI is InChI=1S/C29H36N6O2/c1-4-27(28-31-32-33-35(28)13-12-22-9-6-5-7-10-22)34(19-24-11-8-14-37-24)18-23-17-25-21(3)15-20(2)16-26(25)30-29(23)36/h5-7,9-10,15-17,24,27H,4,8,11-14,18-19H2,1-3H3,(H,30,36). The van der Waals surface area contributed by atoms with E-state index in [0.717, 1.165) is 72.3 Å². The van der Waals surface area contributed by atoms with E-state index in [1.165, 1.54) is 5.56 Å². The molecular weight excluding hydrogens is 464 g/mol. The van der Waals surface area contributed by atoms with Crippen LogP contribution in [-0.2, 0) is 24.2 Å². The molecule has 0 amide bonds. The summed E-state index contributed by atoms with van der Waals surface area (Å²) in [5.41, 5.74) is 5.14. The van der Waals surface area contributed by atoms with Gasteiger partial charge in [0, 0.05) is 42.7 Å². The minimum atomic E-state index is -0.0478. The number of pyridine rings is 1. The highest BCUT2D eigenvalue weighted by Crippen LogP contribution is 2.27. The number of benzene rings is 2. The molecule has 0 saturated carbocycles. The molecule has 2 aromatic carbocycles. The lowest BCUT2D eigenvalue weighted by Crippen LogP contribution is -2.37. The molecule has 2 unspecified atom stereocenters. The number of tetrazole rings is 1. The van der Waals surface area contributed by atoms with Crippen LogP contribution in [0.2, 0.25) is 0 Å². The number of aromatic amines is 1. The van der Waals surface area contributed by atoms with E-state index in [1.807, 2.05) is 16.8 Å². The lowest BCUT2D eigenvalue weighted by atomic mass is 10.0. The maximum absolute atomic E-state index is 13.2. The van der Waals surface area contributed by atoms with Gasteiger partial charge in [-0.05, 0) is 78.8 Å². The summed E-state index contributed by atoms with van der Waals surface area (Å²) in [5, 5.41) is 13.9. The van der Waals surface area contributed by atoms with Gasteiger partial charge >= 0.3 is 0 Å². The summed E-state index contributed by atoms with van der Waals surface area (Å²) in [6.45, 7) is 9.02. The first-order chi connectivity index (χ1) is 18.0. The Kier molecular flexibility index (Phi) is 7.76. The number of H-pyrrole nitrogens is 1. The highest BCUT2D eigenvalue weighted by molar-refractivity contribution is 5.83. The van der Waals surface area contributed by atoms with Crippen molar-refractivity contribution < 1.29 is 4.74 Å². The number of aryl methyl sites for hydroxylation is 4. The third-order valence-corrected chi connectivity index (χ3v) is 7.37. The molecule has 1 N–H and O–H groups in total. The average molecular weight is 501 g/mol. The third-order valence-electron chi connectivity index (χ3n) is 7.37. The van der Waals surface area contributed by atoms with E-state index in [4.69, 9.17) is 4.74 Å². The Morgan fingerprint density at radius 2 is 2.03 bits per heavy atom. The van der Waals surface area contributed by atoms with Crippen molar-refractivity contribution in [1.29, 1.82) is 0 Å². The molecule has 194 valence electrons. The van der Waals surface area contributed by atoms with Crippen LogP contribution in [0, 0.1) is 13.8 Å². The van der Waals surface area contributed by atoms with E-state index in [0.29, 0.717) is 13.1 Å². The van der Waals surface area contributed by atoms with Crippen molar-refractivity contribution in [1.82, 2.24) is 30.1 Å². The maximum atomic E-state index is 13.2. The largest absolute Gasteiger partial charge is 0.377 e. The minimum absolute atomic E-state index is 0.0378. The molecule has 1 saturated heterocycles. The lowest BCUT2D eigenvalue weighted by Gasteiger charge is -2.32. The number of nitrogens with zero attached hydrogens (tertiary/aromatic N) is 5. The number of rotatable bonds is 10. The van der Waals surface area contributed by atoms with Crippen molar-refractivity contribution in [3.05, 3.63) is 87.0 Å². The van der Waals surface area contributed by atoms with Gasteiger partial charge in [0.05, 0.1) is 12.1 Å². The van der Waals surface area contributed by atoms with E-state index in [1.54, 1.807) is 0 Å². The van der Waals surface area contributed by atoms with Gasteiger partial charge in [0.15, 0.2) is 5.82 Å². The number of hydrogen-bond donors (Lipinski definition) is 1. The molecule has 0 spiro atoms. The molecule has 37 heavy (non-hydrogen) atoms. The summed E-state index contributed by atoms with van der Waals surface area (Å²) in [4.78, 5) is 18.6. The zero-order valence-electron chi connectivity index (χ0n) is 22.0. The highest BCUT2D eigenvalue weighted by Gasteiger charge is 2.29. The van der Waals surface area contributed by atoms with Crippen LogP contribution in [0.5, 0.6) is 0 Å². The predicted molar refractivity (Wildman–Crippen MR) is 144 cm³/mol. The molecule has 1 fully saturated rings. The van der Waals surface area contributed by atoms with Crippen LogP contribution >= 0.6 is 0 Å². The van der Waals surface area contributed by atoms with Crippen LogP contribution in [0.15, 0.2) is 53.3 Å². The average Bonchev–Trinajstić information content (AvgIpc) is 3.57. The van der Waals surface area contributed by atoms with Crippen molar-refractivity contribution in [2.75, 3.05) is 13.2 Å². The van der Waals surface area contributed by atoms with Gasteiger partial charge in [0.25, 0.3) is 5.56 Å². The number of ether oxygens (including phenoxy) is 1. The van der Waals surface area contributed by atoms with Gasteiger partial charge in [-0.2, -0.15) is 0 Å². The number of aromatic nitrogens is 5. The summed E-state index contributed by atoms with van der Waals surface area (Å²) in [6, 6.07) is 16.6. The van der Waals surface area contributed by atoms with Gasteiger partial charge in [0.1, 0.15) is 0 Å². The summed E-state index contributed by atoms with van der Waals surface area (Å²) in [7, 11) is 0. The smallest absolute Gasteiger partial charge is 0.252 e. The Balaban J connectivity index is 1.45. The fourth-order valence-corrected chi connectivity index (χ4v) is 5.50. The fraction of sp³-hybridized carbons (Fsp3) is 0.448. The third kappa shape index (κ3) is 5.81. The fourth-order valence-electron chi connectivity index (χ4n) is 5.50. The van der Waals surface area contributed by atoms with Crippen molar-refractivity contribution in [2.24, 2.45) is 0 Å². The molecule has 0 aliphatic carbocycles. The van der Waals surface area contributed by atoms with E-state index in [2.05, 4.69) is 82.6 Å². The Bertz CT molecular complexity index is 1390. The molecule has 2 atom stereocenters. The Morgan fingerprint density at radius 1 is 1.19 bits per heavy atom. The van der Waals surface area contributed by atoms with Crippen molar-refractivity contribution in [2.45, 2.75) is 71.7 Å². The van der Waals surface area contributed by atoms with Crippen molar-refractivity contribution >= 4 is 10.9 Å². The van der Waals surface area contributed by atoms with E-state index in [-0.39, 0.29) is 17.7 Å². The molecular formula is C29H36N6O2. The first-order valence-corrected chi connectivity index (χ1v) is 13.3. The number of nitrogens with one attached hydrogen (secondary N) is 1. The monoisotopic (exact) mass is 500 g/mol. The molecule has 1 aliphatic rings. The second-order valence-corrected chi connectivity index (χ2v) is 10.2. The number of hydrogen-bond acceptors (Lipinski definition) is 6. The summed E-state index contributed by atoms with van der Waals surface area (Å²) in [6.07, 6.45) is 3.91. The molecule has 4 aromatic rings. The Labute approximate surface area is 217 Å². The van der Waals surface area contributed by atoms with Crippen LogP contribution in [0.25, 0.3) is 10.9 Å². The van der Waals surface area contributed by atoms with Gasteiger partial charge in [-0.3, -0.25) is 9.69 Å². The van der Waals surface area contributed by atoms with Gasteiger partial charge in [-0.1, -0.05) is 43.3 Å². The molecule has 5 rings (SSSR count). The van der Waals surface area contributed by atoms with Crippen LogP contribution < -0.4 is 5.56 Å². The summed E-state index contributed by atoms with van der Waals surface area (Å²) < 4.78 is 7.93. The van der Waals surface area contributed by atoms with Gasteiger partial charge in [-0.15, -0.1) is 5.10 Å². The Morgan fingerprint density at radius 3 is 2.78 bits per heavy atom. The normalized spacial score (nSPS) is 16.6. The summed E-state index contributed by atoms with van der Waals surface area (Å²) >= 11 is 0. The first-order valence-electron chi connectivity index (χ1n) is 13.3. The Hall–Kier alpha value is -3.36. The zero-order valence-corrected chi connectivity index (χ0v) is 22.0. The van der Waals surface area contributed by atoms with Crippen LogP contribution in [0.4, 0.5) is 0 Å². The molecule has 1 aliphatic heterocycles. The molecule has 0 bridgehead atoms. The van der Waals surface area contributed by atoms with E-state index >= 15 is 0 Å². The highest BCUT2D eigenvalue weighted by atomic mass is 16.5. The molecule has 8 heteroatoms. The SMILES string of the molecule is CCC(c1nnnn1CCc1ccccc1)N(Cc1cc2c(C)cc(C)cc2[nH]c1=O)CC1CCCO1.